The summed E-state index contributed by atoms with van der Waals surface area (Å²) in [7, 11) is 0. The summed E-state index contributed by atoms with van der Waals surface area (Å²) in [6, 6.07) is 0. The first-order valence-electron chi connectivity index (χ1n) is 5.22. The lowest BCUT2D eigenvalue weighted by Gasteiger charge is -2.19. The summed E-state index contributed by atoms with van der Waals surface area (Å²) in [6.45, 7) is 0. The zero-order valence-corrected chi connectivity index (χ0v) is 7.84. The molecule has 0 saturated heterocycles. The Labute approximate surface area is 79.3 Å². The van der Waals surface area contributed by atoms with E-state index in [2.05, 4.69) is 24.3 Å². The maximum Gasteiger partial charge on any atom is -0.00584 e. The molecule has 0 amide bonds. The van der Waals surface area contributed by atoms with Crippen molar-refractivity contribution in [2.75, 3.05) is 0 Å². The van der Waals surface area contributed by atoms with Crippen molar-refractivity contribution in [3.63, 3.8) is 0 Å². The summed E-state index contributed by atoms with van der Waals surface area (Å²) < 4.78 is 0. The van der Waals surface area contributed by atoms with Crippen LogP contribution in [0.3, 0.4) is 0 Å². The zero-order valence-electron chi connectivity index (χ0n) is 7.84. The Morgan fingerprint density at radius 1 is 1.15 bits per heavy atom. The maximum atomic E-state index is 2.41. The minimum atomic E-state index is 1.13. The van der Waals surface area contributed by atoms with Crippen molar-refractivity contribution in [2.45, 2.75) is 32.1 Å². The molecule has 0 saturated carbocycles. The van der Waals surface area contributed by atoms with E-state index < -0.39 is 0 Å². The van der Waals surface area contributed by atoms with Crippen molar-refractivity contribution >= 4 is 0 Å². The summed E-state index contributed by atoms with van der Waals surface area (Å²) >= 11 is 0. The van der Waals surface area contributed by atoms with Gasteiger partial charge in [-0.2, -0.15) is 0 Å². The molecule has 0 bridgehead atoms. The smallest absolute Gasteiger partial charge is 0.00584 e. The second-order valence-corrected chi connectivity index (χ2v) is 4.13. The summed E-state index contributed by atoms with van der Waals surface area (Å²) in [5, 5.41) is 0. The first kappa shape index (κ1) is 7.37. The van der Waals surface area contributed by atoms with Gasteiger partial charge in [0.15, 0.2) is 0 Å². The molecule has 0 heteroatoms. The van der Waals surface area contributed by atoms with Crippen molar-refractivity contribution < 1.29 is 0 Å². The molecule has 3 aliphatic rings. The van der Waals surface area contributed by atoms with E-state index in [0.717, 1.165) is 6.42 Å². The van der Waals surface area contributed by atoms with Crippen molar-refractivity contribution in [3.05, 3.63) is 46.6 Å². The Kier molecular flexibility index (Phi) is 1.55. The third-order valence-corrected chi connectivity index (χ3v) is 3.28. The van der Waals surface area contributed by atoms with Crippen LogP contribution in [0.15, 0.2) is 46.6 Å². The highest BCUT2D eigenvalue weighted by molar-refractivity contribution is 5.54. The Hall–Kier alpha value is -1.04. The molecule has 66 valence electrons. The fourth-order valence-corrected chi connectivity index (χ4v) is 2.57. The molecule has 0 unspecified atom stereocenters. The molecule has 3 rings (SSSR count). The van der Waals surface area contributed by atoms with Crippen molar-refractivity contribution in [2.24, 2.45) is 0 Å². The second-order valence-electron chi connectivity index (χ2n) is 4.13. The van der Waals surface area contributed by atoms with Gasteiger partial charge in [0.1, 0.15) is 0 Å². The standard InChI is InChI=1S/C13H14/c1-2-5-11-9-13-7-3-6-12(13)8-10(11)4-1/h1,4-5,8H,2-3,6-7,9H2. The van der Waals surface area contributed by atoms with Gasteiger partial charge in [-0.05, 0) is 48.8 Å². The van der Waals surface area contributed by atoms with Gasteiger partial charge in [-0.15, -0.1) is 0 Å². The van der Waals surface area contributed by atoms with Crippen molar-refractivity contribution in [1.82, 2.24) is 0 Å². The predicted octanol–water partition coefficient (Wildman–Crippen LogP) is 3.68. The van der Waals surface area contributed by atoms with Gasteiger partial charge in [0.2, 0.25) is 0 Å². The van der Waals surface area contributed by atoms with Gasteiger partial charge in [0, 0.05) is 0 Å². The van der Waals surface area contributed by atoms with Gasteiger partial charge in [-0.25, -0.2) is 0 Å². The van der Waals surface area contributed by atoms with E-state index in [1.807, 2.05) is 0 Å². The first-order chi connectivity index (χ1) is 6.43. The summed E-state index contributed by atoms with van der Waals surface area (Å²) in [6.07, 6.45) is 15.8. The molecule has 0 spiro atoms. The summed E-state index contributed by atoms with van der Waals surface area (Å²) in [5.41, 5.74) is 6.40. The van der Waals surface area contributed by atoms with Crippen LogP contribution < -0.4 is 0 Å². The van der Waals surface area contributed by atoms with Crippen LogP contribution >= 0.6 is 0 Å². The lowest BCUT2D eigenvalue weighted by Crippen LogP contribution is -1.99. The molecule has 13 heavy (non-hydrogen) atoms. The Morgan fingerprint density at radius 3 is 3.15 bits per heavy atom. The largest absolute Gasteiger partial charge is 0.0801 e. The molecule has 0 nitrogen and oxygen atoms in total. The highest BCUT2D eigenvalue weighted by Crippen LogP contribution is 2.39. The molecule has 0 aromatic rings. The average molecular weight is 170 g/mol. The Morgan fingerprint density at radius 2 is 2.15 bits per heavy atom. The molecule has 0 aromatic carbocycles. The number of hydrogen-bond acceptors (Lipinski definition) is 0. The number of rotatable bonds is 0. The monoisotopic (exact) mass is 170 g/mol. The maximum absolute atomic E-state index is 2.41. The number of hydrogen-bond donors (Lipinski definition) is 0. The van der Waals surface area contributed by atoms with E-state index >= 15 is 0 Å². The lowest BCUT2D eigenvalue weighted by molar-refractivity contribution is 0.885. The summed E-state index contributed by atoms with van der Waals surface area (Å²) in [5.74, 6) is 0. The van der Waals surface area contributed by atoms with Gasteiger partial charge in [-0.3, -0.25) is 0 Å². The van der Waals surface area contributed by atoms with Crippen molar-refractivity contribution in [3.8, 4) is 0 Å². The molecule has 0 aliphatic heterocycles. The van der Waals surface area contributed by atoms with E-state index in [4.69, 9.17) is 0 Å². The molecule has 0 atom stereocenters. The topological polar surface area (TPSA) is 0 Å². The first-order valence-corrected chi connectivity index (χ1v) is 5.22. The average Bonchev–Trinajstić information content (AvgIpc) is 2.61. The van der Waals surface area contributed by atoms with Crippen LogP contribution in [-0.4, -0.2) is 0 Å². The Balaban J connectivity index is 2.05. The zero-order chi connectivity index (χ0) is 8.67. The van der Waals surface area contributed by atoms with Crippen LogP contribution in [0.2, 0.25) is 0 Å². The normalized spacial score (nSPS) is 25.2. The predicted molar refractivity (Wildman–Crippen MR) is 55.4 cm³/mol. The number of fused-ring (bicyclic) bond motifs is 1. The molecule has 0 N–H and O–H groups in total. The third kappa shape index (κ3) is 1.13. The van der Waals surface area contributed by atoms with Gasteiger partial charge in [0.05, 0.1) is 0 Å². The van der Waals surface area contributed by atoms with Gasteiger partial charge in [-0.1, -0.05) is 29.9 Å². The fourth-order valence-electron chi connectivity index (χ4n) is 2.57. The van der Waals surface area contributed by atoms with Crippen LogP contribution in [0.5, 0.6) is 0 Å². The molecule has 0 fully saturated rings. The van der Waals surface area contributed by atoms with Crippen LogP contribution in [0.25, 0.3) is 0 Å². The molecular weight excluding hydrogens is 156 g/mol. The van der Waals surface area contributed by atoms with Crippen LogP contribution in [0.4, 0.5) is 0 Å². The van der Waals surface area contributed by atoms with E-state index in [1.165, 1.54) is 31.3 Å². The quantitative estimate of drug-likeness (QED) is 0.520. The molecule has 0 radical (unpaired) electrons. The molecule has 3 aliphatic carbocycles. The number of allylic oxidation sites excluding steroid dienone is 8. The van der Waals surface area contributed by atoms with Crippen molar-refractivity contribution in [1.29, 1.82) is 0 Å². The SMILES string of the molecule is C1=CC2=CC3=C(CCC3)CC2=CC1. The minimum Gasteiger partial charge on any atom is -0.0801 e. The highest BCUT2D eigenvalue weighted by Gasteiger charge is 2.20. The molecule has 0 aromatic heterocycles. The van der Waals surface area contributed by atoms with E-state index in [-0.39, 0.29) is 0 Å². The highest BCUT2D eigenvalue weighted by atomic mass is 14.3. The Bertz CT molecular complexity index is 361. The van der Waals surface area contributed by atoms with Gasteiger partial charge < -0.3 is 0 Å². The van der Waals surface area contributed by atoms with E-state index in [0.29, 0.717) is 0 Å². The van der Waals surface area contributed by atoms with Crippen LogP contribution in [0, 0.1) is 0 Å². The van der Waals surface area contributed by atoms with Gasteiger partial charge in [0.25, 0.3) is 0 Å². The minimum absolute atomic E-state index is 1.13. The third-order valence-electron chi connectivity index (χ3n) is 3.28. The lowest BCUT2D eigenvalue weighted by atomic mass is 9.86. The van der Waals surface area contributed by atoms with E-state index in [1.54, 1.807) is 16.7 Å². The molecular formula is C13H14. The van der Waals surface area contributed by atoms with Crippen LogP contribution in [0.1, 0.15) is 32.1 Å². The van der Waals surface area contributed by atoms with E-state index in [9.17, 15) is 0 Å². The molecule has 0 heterocycles. The van der Waals surface area contributed by atoms with Gasteiger partial charge >= 0.3 is 0 Å². The van der Waals surface area contributed by atoms with Crippen LogP contribution in [-0.2, 0) is 0 Å². The fraction of sp³-hybridized carbons (Fsp3) is 0.385. The second kappa shape index (κ2) is 2.73. The summed E-state index contributed by atoms with van der Waals surface area (Å²) in [4.78, 5) is 0.